The zero-order valence-electron chi connectivity index (χ0n) is 11.3. The molecule has 5 nitrogen and oxygen atoms in total. The van der Waals surface area contributed by atoms with E-state index in [4.69, 9.17) is 16.3 Å². The lowest BCUT2D eigenvalue weighted by atomic mass is 9.92. The molecule has 21 heavy (non-hydrogen) atoms. The van der Waals surface area contributed by atoms with Gasteiger partial charge in [-0.1, -0.05) is 6.07 Å². The van der Waals surface area contributed by atoms with Crippen molar-refractivity contribution in [3.8, 4) is 11.6 Å². The van der Waals surface area contributed by atoms with Crippen LogP contribution in [0.2, 0.25) is 5.28 Å². The van der Waals surface area contributed by atoms with Crippen LogP contribution in [0.4, 0.5) is 0 Å². The van der Waals surface area contributed by atoms with Gasteiger partial charge in [0.05, 0.1) is 6.20 Å². The van der Waals surface area contributed by atoms with Crippen molar-refractivity contribution < 1.29 is 4.74 Å². The number of halogens is 1. The van der Waals surface area contributed by atoms with Gasteiger partial charge in [-0.3, -0.25) is 5.10 Å². The minimum absolute atomic E-state index is 0.139. The number of nitrogens with one attached hydrogen (secondary N) is 1. The van der Waals surface area contributed by atoms with E-state index in [-0.39, 0.29) is 5.28 Å². The van der Waals surface area contributed by atoms with E-state index in [0.29, 0.717) is 11.5 Å². The number of nitrogens with zero attached hydrogens (tertiary/aromatic N) is 3. The highest BCUT2D eigenvalue weighted by Crippen LogP contribution is 2.30. The molecule has 1 N–H and O–H groups in total. The van der Waals surface area contributed by atoms with E-state index in [1.807, 2.05) is 6.07 Å². The van der Waals surface area contributed by atoms with Crippen LogP contribution in [-0.4, -0.2) is 20.2 Å². The van der Waals surface area contributed by atoms with Crippen molar-refractivity contribution in [1.29, 1.82) is 0 Å². The Morgan fingerprint density at radius 3 is 2.86 bits per heavy atom. The fraction of sp³-hybridized carbons (Fsp3) is 0.267. The molecule has 106 valence electrons. The van der Waals surface area contributed by atoms with Crippen LogP contribution >= 0.6 is 11.6 Å². The van der Waals surface area contributed by atoms with Gasteiger partial charge in [0.15, 0.2) is 5.65 Å². The topological polar surface area (TPSA) is 63.7 Å². The van der Waals surface area contributed by atoms with Crippen molar-refractivity contribution >= 4 is 22.6 Å². The van der Waals surface area contributed by atoms with E-state index in [0.717, 1.165) is 24.0 Å². The highest BCUT2D eigenvalue weighted by molar-refractivity contribution is 6.28. The summed E-state index contributed by atoms with van der Waals surface area (Å²) in [5.41, 5.74) is 3.35. The average Bonchev–Trinajstić information content (AvgIpc) is 2.95. The molecule has 1 aliphatic carbocycles. The largest absolute Gasteiger partial charge is 0.438 e. The maximum absolute atomic E-state index is 5.91. The fourth-order valence-corrected chi connectivity index (χ4v) is 2.91. The molecule has 0 unspecified atom stereocenters. The second kappa shape index (κ2) is 5.00. The summed E-state index contributed by atoms with van der Waals surface area (Å²) < 4.78 is 5.90. The molecular weight excluding hydrogens is 288 g/mol. The van der Waals surface area contributed by atoms with Crippen LogP contribution < -0.4 is 4.74 Å². The Morgan fingerprint density at radius 2 is 1.95 bits per heavy atom. The fourth-order valence-electron chi connectivity index (χ4n) is 2.75. The Hall–Kier alpha value is -2.14. The summed E-state index contributed by atoms with van der Waals surface area (Å²) in [6, 6.07) is 6.21. The molecule has 0 bridgehead atoms. The number of rotatable bonds is 2. The van der Waals surface area contributed by atoms with Crippen LogP contribution in [0.5, 0.6) is 11.6 Å². The highest BCUT2D eigenvalue weighted by atomic mass is 35.5. The molecule has 1 aromatic carbocycles. The summed E-state index contributed by atoms with van der Waals surface area (Å²) in [6.45, 7) is 0. The first-order valence-corrected chi connectivity index (χ1v) is 7.34. The number of aromatic amines is 1. The normalized spacial score (nSPS) is 14.1. The molecule has 0 radical (unpaired) electrons. The third kappa shape index (κ3) is 2.34. The molecule has 1 aliphatic rings. The van der Waals surface area contributed by atoms with Gasteiger partial charge in [0, 0.05) is 0 Å². The van der Waals surface area contributed by atoms with E-state index in [9.17, 15) is 0 Å². The van der Waals surface area contributed by atoms with E-state index in [2.05, 4.69) is 32.3 Å². The number of aryl methyl sites for hydroxylation is 2. The van der Waals surface area contributed by atoms with Gasteiger partial charge in [0.1, 0.15) is 11.1 Å². The Labute approximate surface area is 126 Å². The van der Waals surface area contributed by atoms with Crippen molar-refractivity contribution in [3.05, 3.63) is 40.8 Å². The van der Waals surface area contributed by atoms with E-state index >= 15 is 0 Å². The van der Waals surface area contributed by atoms with Crippen molar-refractivity contribution in [2.45, 2.75) is 25.7 Å². The standard InChI is InChI=1S/C15H13ClN4O/c16-15-18-13-12(8-17-20-13)14(19-15)21-11-6-5-9-3-1-2-4-10(9)7-11/h5-8H,1-4H2,(H,17,18,19,20). The minimum Gasteiger partial charge on any atom is -0.438 e. The number of hydrogen-bond acceptors (Lipinski definition) is 4. The Morgan fingerprint density at radius 1 is 1.10 bits per heavy atom. The molecule has 0 aliphatic heterocycles. The molecule has 2 aromatic heterocycles. The zero-order valence-corrected chi connectivity index (χ0v) is 12.0. The molecule has 6 heteroatoms. The van der Waals surface area contributed by atoms with Crippen LogP contribution in [0, 0.1) is 0 Å². The molecule has 3 aromatic rings. The number of H-pyrrole nitrogens is 1. The smallest absolute Gasteiger partial charge is 0.234 e. The SMILES string of the molecule is Clc1nc(Oc2ccc3c(c2)CCCC3)c2cn[nH]c2n1. The van der Waals surface area contributed by atoms with Gasteiger partial charge in [-0.05, 0) is 60.5 Å². The van der Waals surface area contributed by atoms with Crippen LogP contribution in [-0.2, 0) is 12.8 Å². The molecule has 0 spiro atoms. The maximum Gasteiger partial charge on any atom is 0.234 e. The first-order valence-electron chi connectivity index (χ1n) is 6.96. The van der Waals surface area contributed by atoms with Crippen molar-refractivity contribution in [2.24, 2.45) is 0 Å². The third-order valence-corrected chi connectivity index (χ3v) is 3.95. The van der Waals surface area contributed by atoms with Crippen LogP contribution in [0.3, 0.4) is 0 Å². The van der Waals surface area contributed by atoms with Gasteiger partial charge >= 0.3 is 0 Å². The van der Waals surface area contributed by atoms with Crippen molar-refractivity contribution in [1.82, 2.24) is 20.2 Å². The highest BCUT2D eigenvalue weighted by Gasteiger charge is 2.13. The number of aromatic nitrogens is 4. The lowest BCUT2D eigenvalue weighted by Gasteiger charge is -2.16. The lowest BCUT2D eigenvalue weighted by molar-refractivity contribution is 0.466. The van der Waals surface area contributed by atoms with Gasteiger partial charge in [-0.15, -0.1) is 0 Å². The van der Waals surface area contributed by atoms with Crippen LogP contribution in [0.15, 0.2) is 24.4 Å². The predicted molar refractivity (Wildman–Crippen MR) is 79.9 cm³/mol. The number of benzene rings is 1. The van der Waals surface area contributed by atoms with Crippen molar-refractivity contribution in [2.75, 3.05) is 0 Å². The second-order valence-electron chi connectivity index (χ2n) is 5.17. The van der Waals surface area contributed by atoms with Crippen molar-refractivity contribution in [3.63, 3.8) is 0 Å². The quantitative estimate of drug-likeness (QED) is 0.733. The summed E-state index contributed by atoms with van der Waals surface area (Å²) in [6.07, 6.45) is 6.41. The van der Waals surface area contributed by atoms with Crippen LogP contribution in [0.1, 0.15) is 24.0 Å². The zero-order chi connectivity index (χ0) is 14.2. The van der Waals surface area contributed by atoms with E-state index in [1.54, 1.807) is 6.20 Å². The van der Waals surface area contributed by atoms with E-state index in [1.165, 1.54) is 24.0 Å². The molecule has 4 rings (SSSR count). The molecule has 0 amide bonds. The maximum atomic E-state index is 5.91. The molecule has 0 saturated carbocycles. The van der Waals surface area contributed by atoms with Gasteiger partial charge in [0.2, 0.25) is 11.2 Å². The lowest BCUT2D eigenvalue weighted by Crippen LogP contribution is -2.02. The summed E-state index contributed by atoms with van der Waals surface area (Å²) >= 11 is 5.91. The van der Waals surface area contributed by atoms with Gasteiger partial charge in [-0.25, -0.2) is 0 Å². The molecular formula is C15H13ClN4O. The Bertz CT molecular complexity index is 815. The number of fused-ring (bicyclic) bond motifs is 2. The van der Waals surface area contributed by atoms with Crippen LogP contribution in [0.25, 0.3) is 11.0 Å². The monoisotopic (exact) mass is 300 g/mol. The number of ether oxygens (including phenoxy) is 1. The third-order valence-electron chi connectivity index (χ3n) is 3.78. The average molecular weight is 301 g/mol. The first-order chi connectivity index (χ1) is 10.3. The summed E-state index contributed by atoms with van der Waals surface area (Å²) in [5, 5.41) is 7.58. The van der Waals surface area contributed by atoms with Gasteiger partial charge in [0.25, 0.3) is 0 Å². The first kappa shape index (κ1) is 12.6. The van der Waals surface area contributed by atoms with E-state index < -0.39 is 0 Å². The van der Waals surface area contributed by atoms with Gasteiger partial charge < -0.3 is 4.74 Å². The Kier molecular flexibility index (Phi) is 3.00. The summed E-state index contributed by atoms with van der Waals surface area (Å²) in [4.78, 5) is 8.22. The Balaban J connectivity index is 1.72. The molecule has 0 atom stereocenters. The van der Waals surface area contributed by atoms with Gasteiger partial charge in [-0.2, -0.15) is 15.1 Å². The molecule has 0 fully saturated rings. The summed E-state index contributed by atoms with van der Waals surface area (Å²) in [7, 11) is 0. The minimum atomic E-state index is 0.139. The predicted octanol–water partition coefficient (Wildman–Crippen LogP) is 3.68. The molecule has 0 saturated heterocycles. The second-order valence-corrected chi connectivity index (χ2v) is 5.51. The summed E-state index contributed by atoms with van der Waals surface area (Å²) in [5.74, 6) is 1.20. The number of hydrogen-bond donors (Lipinski definition) is 1. The molecule has 2 heterocycles.